The van der Waals surface area contributed by atoms with E-state index in [1.807, 2.05) is 0 Å². The molecule has 0 radical (unpaired) electrons. The zero-order chi connectivity index (χ0) is 9.19. The average molecular weight is 248 g/mol. The lowest BCUT2D eigenvalue weighted by Gasteiger charge is -2.17. The number of nitrogens with two attached hydrogens (primary N) is 1. The summed E-state index contributed by atoms with van der Waals surface area (Å²) in [7, 11) is 0. The number of rotatable bonds is 3. The molecule has 0 amide bonds. The zero-order valence-corrected chi connectivity index (χ0v) is 9.83. The Morgan fingerprint density at radius 3 is 2.58 bits per heavy atom. The first-order valence-electron chi connectivity index (χ1n) is 4.00. The summed E-state index contributed by atoms with van der Waals surface area (Å²) >= 11 is 5.23. The standard InChI is InChI=1S/C9H14BrNS/c1-9(2,11)6-5-7-3-4-8(10)12-7/h3-4H,5-6,11H2,1-2H3. The van der Waals surface area contributed by atoms with Crippen LogP contribution in [-0.4, -0.2) is 5.54 Å². The van der Waals surface area contributed by atoms with Crippen molar-refractivity contribution in [1.29, 1.82) is 0 Å². The van der Waals surface area contributed by atoms with Crippen molar-refractivity contribution in [3.05, 3.63) is 20.8 Å². The predicted octanol–water partition coefficient (Wildman–Crippen LogP) is 3.18. The first kappa shape index (κ1) is 10.2. The molecular weight excluding hydrogens is 234 g/mol. The van der Waals surface area contributed by atoms with E-state index in [0.717, 1.165) is 12.8 Å². The van der Waals surface area contributed by atoms with Crippen LogP contribution in [0.2, 0.25) is 0 Å². The highest BCUT2D eigenvalue weighted by Crippen LogP contribution is 2.24. The van der Waals surface area contributed by atoms with Gasteiger partial charge in [-0.2, -0.15) is 0 Å². The summed E-state index contributed by atoms with van der Waals surface area (Å²) in [5.74, 6) is 0. The summed E-state index contributed by atoms with van der Waals surface area (Å²) in [5, 5.41) is 0. The normalized spacial score (nSPS) is 12.0. The lowest BCUT2D eigenvalue weighted by Crippen LogP contribution is -2.32. The summed E-state index contributed by atoms with van der Waals surface area (Å²) < 4.78 is 1.20. The van der Waals surface area contributed by atoms with Gasteiger partial charge in [-0.05, 0) is 54.8 Å². The van der Waals surface area contributed by atoms with Crippen molar-refractivity contribution < 1.29 is 0 Å². The fourth-order valence-corrected chi connectivity index (χ4v) is 2.41. The number of hydrogen-bond acceptors (Lipinski definition) is 2. The van der Waals surface area contributed by atoms with Gasteiger partial charge in [-0.1, -0.05) is 0 Å². The Balaban J connectivity index is 2.44. The van der Waals surface area contributed by atoms with Crippen LogP contribution in [0.25, 0.3) is 0 Å². The van der Waals surface area contributed by atoms with Crippen molar-refractivity contribution in [3.63, 3.8) is 0 Å². The highest BCUT2D eigenvalue weighted by atomic mass is 79.9. The second kappa shape index (κ2) is 3.90. The van der Waals surface area contributed by atoms with Crippen molar-refractivity contribution in [2.45, 2.75) is 32.2 Å². The van der Waals surface area contributed by atoms with Crippen LogP contribution in [0.4, 0.5) is 0 Å². The maximum Gasteiger partial charge on any atom is 0.0701 e. The summed E-state index contributed by atoms with van der Waals surface area (Å²) in [6.45, 7) is 4.13. The van der Waals surface area contributed by atoms with Crippen molar-refractivity contribution in [1.82, 2.24) is 0 Å². The molecule has 0 fully saturated rings. The molecule has 0 atom stereocenters. The molecule has 12 heavy (non-hydrogen) atoms. The number of halogens is 1. The van der Waals surface area contributed by atoms with E-state index in [4.69, 9.17) is 5.73 Å². The molecule has 0 saturated heterocycles. The third kappa shape index (κ3) is 3.70. The van der Waals surface area contributed by atoms with Crippen molar-refractivity contribution in [2.24, 2.45) is 5.73 Å². The fourth-order valence-electron chi connectivity index (χ4n) is 0.931. The Morgan fingerprint density at radius 1 is 1.50 bits per heavy atom. The van der Waals surface area contributed by atoms with Crippen LogP contribution >= 0.6 is 27.3 Å². The van der Waals surface area contributed by atoms with Crippen molar-refractivity contribution in [3.8, 4) is 0 Å². The number of aryl methyl sites for hydroxylation is 1. The summed E-state index contributed by atoms with van der Waals surface area (Å²) in [5.41, 5.74) is 5.84. The van der Waals surface area contributed by atoms with Gasteiger partial charge in [0, 0.05) is 10.4 Å². The summed E-state index contributed by atoms with van der Waals surface area (Å²) in [6, 6.07) is 4.24. The van der Waals surface area contributed by atoms with Crippen LogP contribution in [0.15, 0.2) is 15.9 Å². The molecule has 3 heteroatoms. The van der Waals surface area contributed by atoms with E-state index in [1.54, 1.807) is 11.3 Å². The third-order valence-electron chi connectivity index (χ3n) is 1.64. The molecule has 0 bridgehead atoms. The molecule has 0 unspecified atom stereocenters. The van der Waals surface area contributed by atoms with E-state index >= 15 is 0 Å². The minimum Gasteiger partial charge on any atom is -0.326 e. The minimum atomic E-state index is -0.0452. The van der Waals surface area contributed by atoms with Crippen LogP contribution in [0.3, 0.4) is 0 Å². The maximum absolute atomic E-state index is 5.88. The van der Waals surface area contributed by atoms with Crippen LogP contribution in [-0.2, 0) is 6.42 Å². The zero-order valence-electron chi connectivity index (χ0n) is 7.43. The van der Waals surface area contributed by atoms with Crippen LogP contribution in [0.5, 0.6) is 0 Å². The summed E-state index contributed by atoms with van der Waals surface area (Å²) in [4.78, 5) is 1.40. The Morgan fingerprint density at radius 2 is 2.17 bits per heavy atom. The molecule has 1 rings (SSSR count). The molecule has 1 heterocycles. The van der Waals surface area contributed by atoms with Crippen molar-refractivity contribution in [2.75, 3.05) is 0 Å². The van der Waals surface area contributed by atoms with Gasteiger partial charge in [0.1, 0.15) is 0 Å². The van der Waals surface area contributed by atoms with E-state index in [1.165, 1.54) is 8.66 Å². The van der Waals surface area contributed by atoms with Crippen LogP contribution < -0.4 is 5.73 Å². The van der Waals surface area contributed by atoms with Gasteiger partial charge < -0.3 is 5.73 Å². The Kier molecular flexibility index (Phi) is 3.32. The SMILES string of the molecule is CC(C)(N)CCc1ccc(Br)s1. The van der Waals surface area contributed by atoms with Gasteiger partial charge in [0.05, 0.1) is 3.79 Å². The molecule has 0 saturated carbocycles. The third-order valence-corrected chi connectivity index (χ3v) is 3.33. The van der Waals surface area contributed by atoms with Gasteiger partial charge in [-0.25, -0.2) is 0 Å². The first-order chi connectivity index (χ1) is 5.47. The van der Waals surface area contributed by atoms with E-state index in [9.17, 15) is 0 Å². The molecule has 2 N–H and O–H groups in total. The van der Waals surface area contributed by atoms with Crippen molar-refractivity contribution >= 4 is 27.3 Å². The Labute approximate surface area is 86.1 Å². The Bertz CT molecular complexity index is 249. The molecule has 1 aromatic rings. The molecule has 0 aliphatic heterocycles. The molecule has 68 valence electrons. The second-order valence-corrected chi connectivity index (χ2v) is 6.24. The molecule has 1 nitrogen and oxygen atoms in total. The van der Waals surface area contributed by atoms with E-state index in [2.05, 4.69) is 41.9 Å². The minimum absolute atomic E-state index is 0.0452. The molecular formula is C9H14BrNS. The largest absolute Gasteiger partial charge is 0.326 e. The molecule has 0 aliphatic carbocycles. The molecule has 0 aliphatic rings. The molecule has 0 aromatic carbocycles. The van der Waals surface area contributed by atoms with E-state index in [0.29, 0.717) is 0 Å². The van der Waals surface area contributed by atoms with E-state index in [-0.39, 0.29) is 5.54 Å². The lowest BCUT2D eigenvalue weighted by molar-refractivity contribution is 0.478. The average Bonchev–Trinajstić information content (AvgIpc) is 2.30. The molecule has 0 spiro atoms. The smallest absolute Gasteiger partial charge is 0.0701 e. The molecule has 1 aromatic heterocycles. The van der Waals surface area contributed by atoms with Gasteiger partial charge in [0.2, 0.25) is 0 Å². The summed E-state index contributed by atoms with van der Waals surface area (Å²) in [6.07, 6.45) is 2.12. The quantitative estimate of drug-likeness (QED) is 0.873. The predicted molar refractivity (Wildman–Crippen MR) is 58.6 cm³/mol. The first-order valence-corrected chi connectivity index (χ1v) is 5.61. The van der Waals surface area contributed by atoms with Crippen LogP contribution in [0, 0.1) is 0 Å². The van der Waals surface area contributed by atoms with Gasteiger partial charge in [0.15, 0.2) is 0 Å². The Hall–Kier alpha value is 0.140. The highest BCUT2D eigenvalue weighted by Gasteiger charge is 2.10. The second-order valence-electron chi connectivity index (χ2n) is 3.69. The maximum atomic E-state index is 5.88. The number of thiophene rings is 1. The fraction of sp³-hybridized carbons (Fsp3) is 0.556. The number of hydrogen-bond donors (Lipinski definition) is 1. The van der Waals surface area contributed by atoms with Crippen LogP contribution in [0.1, 0.15) is 25.1 Å². The van der Waals surface area contributed by atoms with Gasteiger partial charge >= 0.3 is 0 Å². The highest BCUT2D eigenvalue weighted by molar-refractivity contribution is 9.11. The monoisotopic (exact) mass is 247 g/mol. The van der Waals surface area contributed by atoms with Gasteiger partial charge in [-0.3, -0.25) is 0 Å². The van der Waals surface area contributed by atoms with Gasteiger partial charge in [-0.15, -0.1) is 11.3 Å². The lowest BCUT2D eigenvalue weighted by atomic mass is 10.00. The van der Waals surface area contributed by atoms with Gasteiger partial charge in [0.25, 0.3) is 0 Å². The van der Waals surface area contributed by atoms with E-state index < -0.39 is 0 Å². The topological polar surface area (TPSA) is 26.0 Å².